The zero-order valence-corrected chi connectivity index (χ0v) is 14.6. The second-order valence-corrected chi connectivity index (χ2v) is 11.7. The first kappa shape index (κ1) is 17.0. The van der Waals surface area contributed by atoms with Crippen LogP contribution < -0.4 is 0 Å². The minimum absolute atomic E-state index is 0. The topological polar surface area (TPSA) is 3.24 Å². The van der Waals surface area contributed by atoms with Crippen LogP contribution >= 0.6 is 24.0 Å². The molecule has 1 fully saturated rings. The van der Waals surface area contributed by atoms with Crippen LogP contribution in [-0.2, 0) is 6.04 Å². The molecule has 0 spiro atoms. The van der Waals surface area contributed by atoms with E-state index in [2.05, 4.69) is 30.1 Å². The standard InChI is InChI=1S/C15H24ClNSi.ClH/c1-18(2,13-17-10-4-3-5-11-17)12-14-6-8-15(16)9-7-14;/h6-9H,3-5,10-13H2,1-2H3;1H. The summed E-state index contributed by atoms with van der Waals surface area (Å²) >= 11 is 5.94. The number of hydrogen-bond acceptors (Lipinski definition) is 1. The second-order valence-electron chi connectivity index (χ2n) is 6.30. The number of hydrogen-bond donors (Lipinski definition) is 0. The Morgan fingerprint density at radius 2 is 1.63 bits per heavy atom. The smallest absolute Gasteiger partial charge is 0.0672 e. The maximum absolute atomic E-state index is 5.94. The van der Waals surface area contributed by atoms with E-state index in [0.29, 0.717) is 0 Å². The molecule has 0 saturated carbocycles. The fourth-order valence-corrected chi connectivity index (χ4v) is 6.04. The van der Waals surface area contributed by atoms with Crippen LogP contribution in [0.15, 0.2) is 24.3 Å². The van der Waals surface area contributed by atoms with Crippen molar-refractivity contribution < 1.29 is 0 Å². The minimum atomic E-state index is -1.17. The van der Waals surface area contributed by atoms with E-state index >= 15 is 0 Å². The van der Waals surface area contributed by atoms with E-state index < -0.39 is 8.07 Å². The highest BCUT2D eigenvalue weighted by Crippen LogP contribution is 2.18. The van der Waals surface area contributed by atoms with E-state index in [9.17, 15) is 0 Å². The van der Waals surface area contributed by atoms with Crippen molar-refractivity contribution in [1.29, 1.82) is 0 Å². The molecule has 19 heavy (non-hydrogen) atoms. The van der Waals surface area contributed by atoms with Gasteiger partial charge in [0.15, 0.2) is 0 Å². The molecule has 2 rings (SSSR count). The molecule has 1 aromatic rings. The zero-order chi connectivity index (χ0) is 13.0. The van der Waals surface area contributed by atoms with Gasteiger partial charge >= 0.3 is 0 Å². The second kappa shape index (κ2) is 7.68. The number of benzene rings is 1. The van der Waals surface area contributed by atoms with Crippen LogP contribution in [-0.4, -0.2) is 32.2 Å². The quantitative estimate of drug-likeness (QED) is 0.735. The third kappa shape index (κ3) is 5.86. The van der Waals surface area contributed by atoms with Gasteiger partial charge in [0.05, 0.1) is 8.07 Å². The number of piperidine rings is 1. The Labute approximate surface area is 129 Å². The summed E-state index contributed by atoms with van der Waals surface area (Å²) in [4.78, 5) is 2.69. The predicted octanol–water partition coefficient (Wildman–Crippen LogP) is 4.58. The SMILES string of the molecule is C[Si](C)(Cc1ccc(Cl)cc1)CN1CCCCC1.Cl. The maximum atomic E-state index is 5.94. The summed E-state index contributed by atoms with van der Waals surface area (Å²) in [5.74, 6) is 0. The molecule has 1 heterocycles. The third-order valence-electron chi connectivity index (χ3n) is 3.70. The predicted molar refractivity (Wildman–Crippen MR) is 90.2 cm³/mol. The molecule has 1 saturated heterocycles. The summed E-state index contributed by atoms with van der Waals surface area (Å²) in [5.41, 5.74) is 1.45. The molecule has 1 aliphatic heterocycles. The molecule has 0 amide bonds. The van der Waals surface area contributed by atoms with Crippen LogP contribution in [0.5, 0.6) is 0 Å². The first-order valence-electron chi connectivity index (χ1n) is 7.02. The molecular weight excluding hydrogens is 293 g/mol. The third-order valence-corrected chi connectivity index (χ3v) is 6.62. The van der Waals surface area contributed by atoms with E-state index in [1.54, 1.807) is 0 Å². The van der Waals surface area contributed by atoms with Gasteiger partial charge in [-0.2, -0.15) is 0 Å². The lowest BCUT2D eigenvalue weighted by Crippen LogP contribution is -2.46. The summed E-state index contributed by atoms with van der Waals surface area (Å²) < 4.78 is 0. The maximum Gasteiger partial charge on any atom is 0.0672 e. The molecule has 0 aliphatic carbocycles. The highest BCUT2D eigenvalue weighted by molar-refractivity contribution is 6.77. The van der Waals surface area contributed by atoms with Crippen LogP contribution in [0.1, 0.15) is 24.8 Å². The van der Waals surface area contributed by atoms with E-state index in [0.717, 1.165) is 5.02 Å². The molecule has 0 aromatic heterocycles. The minimum Gasteiger partial charge on any atom is -0.306 e. The fourth-order valence-electron chi connectivity index (χ4n) is 2.93. The van der Waals surface area contributed by atoms with Crippen molar-refractivity contribution in [3.63, 3.8) is 0 Å². The molecule has 0 bridgehead atoms. The van der Waals surface area contributed by atoms with Gasteiger partial charge in [0, 0.05) is 5.02 Å². The summed E-state index contributed by atoms with van der Waals surface area (Å²) in [5, 5.41) is 0.842. The van der Waals surface area contributed by atoms with Gasteiger partial charge in [0.25, 0.3) is 0 Å². The largest absolute Gasteiger partial charge is 0.306 e. The summed E-state index contributed by atoms with van der Waals surface area (Å²) in [7, 11) is -1.17. The highest BCUT2D eigenvalue weighted by atomic mass is 35.5. The van der Waals surface area contributed by atoms with Crippen molar-refractivity contribution in [2.45, 2.75) is 38.4 Å². The Balaban J connectivity index is 0.00000180. The van der Waals surface area contributed by atoms with Crippen molar-refractivity contribution in [1.82, 2.24) is 4.90 Å². The highest BCUT2D eigenvalue weighted by Gasteiger charge is 2.25. The average Bonchev–Trinajstić information content (AvgIpc) is 2.32. The monoisotopic (exact) mass is 317 g/mol. The van der Waals surface area contributed by atoms with Crippen molar-refractivity contribution in [3.05, 3.63) is 34.9 Å². The molecular formula is C15H25Cl2NSi. The van der Waals surface area contributed by atoms with Crippen LogP contribution in [0.25, 0.3) is 0 Å². The molecule has 0 atom stereocenters. The van der Waals surface area contributed by atoms with Gasteiger partial charge in [-0.05, 0) is 50.3 Å². The first-order chi connectivity index (χ1) is 8.55. The number of nitrogens with zero attached hydrogens (tertiary/aromatic N) is 1. The van der Waals surface area contributed by atoms with Gasteiger partial charge in [0.1, 0.15) is 0 Å². The number of halogens is 2. The normalized spacial score (nSPS) is 17.0. The lowest BCUT2D eigenvalue weighted by Gasteiger charge is -2.33. The van der Waals surface area contributed by atoms with E-state index in [1.165, 1.54) is 50.1 Å². The van der Waals surface area contributed by atoms with Crippen LogP contribution in [0.3, 0.4) is 0 Å². The van der Waals surface area contributed by atoms with Crippen molar-refractivity contribution in [2.75, 3.05) is 19.3 Å². The Morgan fingerprint density at radius 1 is 1.05 bits per heavy atom. The van der Waals surface area contributed by atoms with Gasteiger partial charge in [-0.1, -0.05) is 48.8 Å². The van der Waals surface area contributed by atoms with E-state index in [1.807, 2.05) is 12.1 Å². The van der Waals surface area contributed by atoms with Crippen molar-refractivity contribution in [3.8, 4) is 0 Å². The molecule has 0 N–H and O–H groups in total. The Morgan fingerprint density at radius 3 is 2.21 bits per heavy atom. The van der Waals surface area contributed by atoms with E-state index in [4.69, 9.17) is 11.6 Å². The molecule has 0 radical (unpaired) electrons. The Hall–Kier alpha value is -0.0231. The summed E-state index contributed by atoms with van der Waals surface area (Å²) in [6.07, 6.45) is 5.56. The fraction of sp³-hybridized carbons (Fsp3) is 0.600. The molecule has 1 aliphatic rings. The van der Waals surface area contributed by atoms with Crippen molar-refractivity contribution in [2.24, 2.45) is 0 Å². The lowest BCUT2D eigenvalue weighted by molar-refractivity contribution is 0.258. The zero-order valence-electron chi connectivity index (χ0n) is 12.0. The average molecular weight is 318 g/mol. The van der Waals surface area contributed by atoms with Gasteiger partial charge in [0.2, 0.25) is 0 Å². The molecule has 0 unspecified atom stereocenters. The summed E-state index contributed by atoms with van der Waals surface area (Å²) in [6.45, 7) is 7.65. The Bertz CT molecular complexity index is 372. The van der Waals surface area contributed by atoms with Crippen LogP contribution in [0.2, 0.25) is 18.1 Å². The first-order valence-corrected chi connectivity index (χ1v) is 10.8. The van der Waals surface area contributed by atoms with Gasteiger partial charge in [-0.3, -0.25) is 0 Å². The van der Waals surface area contributed by atoms with Gasteiger partial charge < -0.3 is 4.90 Å². The number of rotatable bonds is 4. The molecule has 4 heteroatoms. The summed E-state index contributed by atoms with van der Waals surface area (Å²) in [6, 6.07) is 9.67. The van der Waals surface area contributed by atoms with Gasteiger partial charge in [-0.25, -0.2) is 0 Å². The Kier molecular flexibility index (Phi) is 6.88. The molecule has 108 valence electrons. The molecule has 1 aromatic carbocycles. The molecule has 1 nitrogen and oxygen atoms in total. The van der Waals surface area contributed by atoms with E-state index in [-0.39, 0.29) is 12.4 Å². The van der Waals surface area contributed by atoms with Crippen LogP contribution in [0.4, 0.5) is 0 Å². The van der Waals surface area contributed by atoms with Gasteiger partial charge in [-0.15, -0.1) is 12.4 Å². The van der Waals surface area contributed by atoms with Crippen molar-refractivity contribution >= 4 is 32.1 Å². The lowest BCUT2D eigenvalue weighted by atomic mass is 10.1. The number of likely N-dealkylation sites (tertiary alicyclic amines) is 1. The van der Waals surface area contributed by atoms with Crippen LogP contribution in [0, 0.1) is 0 Å².